The number of aryl methyl sites for hydroxylation is 1. The average Bonchev–Trinajstić information content (AvgIpc) is 2.57. The molecule has 0 aromatic heterocycles. The minimum absolute atomic E-state index is 0. The summed E-state index contributed by atoms with van der Waals surface area (Å²) in [5, 5.41) is 0.731. The largest absolute Gasteiger partial charge is 0.484 e. The van der Waals surface area contributed by atoms with Gasteiger partial charge in [0.25, 0.3) is 5.91 Å². The number of ether oxygens (including phenoxy) is 1. The highest BCUT2D eigenvalue weighted by molar-refractivity contribution is 6.30. The van der Waals surface area contributed by atoms with E-state index >= 15 is 0 Å². The summed E-state index contributed by atoms with van der Waals surface area (Å²) in [4.78, 5) is 10.9. The molecule has 0 saturated heterocycles. The molecule has 0 spiro atoms. The molecule has 134 valence electrons. The Morgan fingerprint density at radius 1 is 1.20 bits per heavy atom. The maximum absolute atomic E-state index is 10.9. The van der Waals surface area contributed by atoms with Crippen LogP contribution in [0.2, 0.25) is 5.02 Å². The number of halogens is 2. The highest BCUT2D eigenvalue weighted by atomic mass is 35.5. The monoisotopic (exact) mass is 380 g/mol. The molecule has 0 radical (unpaired) electrons. The number of amides is 1. The van der Waals surface area contributed by atoms with E-state index in [2.05, 4.69) is 6.07 Å². The Hall–Kier alpha value is -1.75. The van der Waals surface area contributed by atoms with Crippen molar-refractivity contribution in [3.05, 3.63) is 64.2 Å². The third kappa shape index (κ3) is 4.88. The number of rotatable bonds is 5. The van der Waals surface area contributed by atoms with Gasteiger partial charge >= 0.3 is 0 Å². The van der Waals surface area contributed by atoms with Gasteiger partial charge in [0.2, 0.25) is 0 Å². The summed E-state index contributed by atoms with van der Waals surface area (Å²) in [7, 11) is 0. The van der Waals surface area contributed by atoms with Crippen molar-refractivity contribution in [1.29, 1.82) is 0 Å². The molecule has 4 N–H and O–H groups in total. The molecule has 0 bridgehead atoms. The quantitative estimate of drug-likeness (QED) is 0.835. The molecular formula is C19H22Cl2N2O2. The van der Waals surface area contributed by atoms with Crippen LogP contribution in [-0.2, 0) is 17.6 Å². The maximum atomic E-state index is 10.9. The molecule has 6 heteroatoms. The lowest BCUT2D eigenvalue weighted by Gasteiger charge is -2.32. The van der Waals surface area contributed by atoms with Crippen LogP contribution in [0, 0.1) is 0 Å². The molecule has 1 aliphatic rings. The molecule has 4 nitrogen and oxygen atoms in total. The summed E-state index contributed by atoms with van der Waals surface area (Å²) in [6.45, 7) is -0.118. The van der Waals surface area contributed by atoms with Crippen LogP contribution < -0.4 is 16.2 Å². The van der Waals surface area contributed by atoms with Gasteiger partial charge in [0.05, 0.1) is 0 Å². The third-order valence-corrected chi connectivity index (χ3v) is 4.78. The fraction of sp³-hybridized carbons (Fsp3) is 0.316. The lowest BCUT2D eigenvalue weighted by molar-refractivity contribution is -0.119. The first-order valence-electron chi connectivity index (χ1n) is 8.07. The summed E-state index contributed by atoms with van der Waals surface area (Å²) < 4.78 is 5.45. The van der Waals surface area contributed by atoms with Gasteiger partial charge < -0.3 is 16.2 Å². The molecule has 1 aliphatic carbocycles. The fourth-order valence-electron chi connectivity index (χ4n) is 3.28. The van der Waals surface area contributed by atoms with E-state index in [-0.39, 0.29) is 31.0 Å². The van der Waals surface area contributed by atoms with E-state index in [4.69, 9.17) is 27.8 Å². The van der Waals surface area contributed by atoms with Gasteiger partial charge in [-0.3, -0.25) is 4.79 Å². The Kier molecular flexibility index (Phi) is 6.71. The molecular weight excluding hydrogens is 359 g/mol. The van der Waals surface area contributed by atoms with Crippen molar-refractivity contribution in [3.63, 3.8) is 0 Å². The maximum Gasteiger partial charge on any atom is 0.255 e. The van der Waals surface area contributed by atoms with Crippen LogP contribution in [0.1, 0.15) is 29.0 Å². The zero-order valence-corrected chi connectivity index (χ0v) is 15.4. The summed E-state index contributed by atoms with van der Waals surface area (Å²) in [5.74, 6) is 0.386. The minimum atomic E-state index is -0.484. The van der Waals surface area contributed by atoms with E-state index in [1.807, 2.05) is 36.4 Å². The number of hydrogen-bond donors (Lipinski definition) is 2. The van der Waals surface area contributed by atoms with E-state index in [1.54, 1.807) is 0 Å². The Labute approximate surface area is 158 Å². The first-order chi connectivity index (χ1) is 11.5. The van der Waals surface area contributed by atoms with Gasteiger partial charge in [0, 0.05) is 17.0 Å². The van der Waals surface area contributed by atoms with Crippen molar-refractivity contribution in [3.8, 4) is 5.75 Å². The second kappa shape index (κ2) is 8.56. The molecule has 2 atom stereocenters. The van der Waals surface area contributed by atoms with Crippen molar-refractivity contribution >= 4 is 29.9 Å². The molecule has 25 heavy (non-hydrogen) atoms. The Morgan fingerprint density at radius 3 is 2.60 bits per heavy atom. The zero-order valence-electron chi connectivity index (χ0n) is 13.8. The van der Waals surface area contributed by atoms with Crippen molar-refractivity contribution in [2.75, 3.05) is 6.61 Å². The third-order valence-electron chi connectivity index (χ3n) is 4.53. The van der Waals surface area contributed by atoms with Gasteiger partial charge in [-0.15, -0.1) is 12.4 Å². The highest BCUT2D eigenvalue weighted by Crippen LogP contribution is 2.36. The first kappa shape index (κ1) is 19.6. The number of benzene rings is 2. The molecule has 0 heterocycles. The normalized spacial score (nSPS) is 18.8. The standard InChI is InChI=1S/C19H21ClN2O2.ClH/c20-14-5-1-12(2-6-14)9-17-16-10-15(24-11-19(22)23)7-3-13(16)4-8-18(17)21;/h1-3,5-7,10,17-18H,4,8-9,11,21H2,(H2,22,23);1H. The summed E-state index contributed by atoms with van der Waals surface area (Å²) in [6, 6.07) is 13.9. The number of carbonyl (C=O) groups is 1. The van der Waals surface area contributed by atoms with Crippen LogP contribution >= 0.6 is 24.0 Å². The second-order valence-corrected chi connectivity index (χ2v) is 6.69. The van der Waals surface area contributed by atoms with E-state index in [1.165, 1.54) is 16.7 Å². The van der Waals surface area contributed by atoms with E-state index in [0.717, 1.165) is 24.3 Å². The smallest absolute Gasteiger partial charge is 0.255 e. The predicted molar refractivity (Wildman–Crippen MR) is 103 cm³/mol. The van der Waals surface area contributed by atoms with Gasteiger partial charge in [0.15, 0.2) is 6.61 Å². The van der Waals surface area contributed by atoms with Crippen molar-refractivity contribution in [2.24, 2.45) is 11.5 Å². The van der Waals surface area contributed by atoms with E-state index in [0.29, 0.717) is 5.75 Å². The van der Waals surface area contributed by atoms with Crippen LogP contribution in [0.5, 0.6) is 5.75 Å². The van der Waals surface area contributed by atoms with Crippen LogP contribution in [-0.4, -0.2) is 18.6 Å². The highest BCUT2D eigenvalue weighted by Gasteiger charge is 2.27. The molecule has 0 aliphatic heterocycles. The molecule has 2 aromatic carbocycles. The average molecular weight is 381 g/mol. The van der Waals surface area contributed by atoms with Crippen LogP contribution in [0.25, 0.3) is 0 Å². The van der Waals surface area contributed by atoms with Gasteiger partial charge in [0.1, 0.15) is 5.75 Å². The number of primary amides is 1. The van der Waals surface area contributed by atoms with Crippen molar-refractivity contribution in [2.45, 2.75) is 31.2 Å². The van der Waals surface area contributed by atoms with E-state index in [9.17, 15) is 4.79 Å². The lowest BCUT2D eigenvalue weighted by Crippen LogP contribution is -2.34. The second-order valence-electron chi connectivity index (χ2n) is 6.26. The lowest BCUT2D eigenvalue weighted by atomic mass is 9.76. The number of carbonyl (C=O) groups excluding carboxylic acids is 1. The Morgan fingerprint density at radius 2 is 1.92 bits per heavy atom. The molecule has 3 rings (SSSR count). The first-order valence-corrected chi connectivity index (χ1v) is 8.44. The minimum Gasteiger partial charge on any atom is -0.484 e. The number of fused-ring (bicyclic) bond motifs is 1. The number of hydrogen-bond acceptors (Lipinski definition) is 3. The zero-order chi connectivity index (χ0) is 17.1. The Bertz CT molecular complexity index is 735. The van der Waals surface area contributed by atoms with Crippen LogP contribution in [0.4, 0.5) is 0 Å². The molecule has 2 aromatic rings. The van der Waals surface area contributed by atoms with Gasteiger partial charge in [-0.25, -0.2) is 0 Å². The molecule has 1 amide bonds. The van der Waals surface area contributed by atoms with Crippen molar-refractivity contribution < 1.29 is 9.53 Å². The fourth-order valence-corrected chi connectivity index (χ4v) is 3.41. The SMILES string of the molecule is Cl.NC(=O)COc1ccc2c(c1)C(Cc1ccc(Cl)cc1)C(N)CC2. The van der Waals surface area contributed by atoms with Crippen LogP contribution in [0.15, 0.2) is 42.5 Å². The van der Waals surface area contributed by atoms with Gasteiger partial charge in [-0.1, -0.05) is 29.8 Å². The Balaban J connectivity index is 0.00000225. The summed E-state index contributed by atoms with van der Waals surface area (Å²) >= 11 is 5.97. The molecule has 2 unspecified atom stereocenters. The summed E-state index contributed by atoms with van der Waals surface area (Å²) in [5.41, 5.74) is 15.2. The van der Waals surface area contributed by atoms with Gasteiger partial charge in [-0.2, -0.15) is 0 Å². The van der Waals surface area contributed by atoms with Crippen LogP contribution in [0.3, 0.4) is 0 Å². The number of nitrogens with two attached hydrogens (primary N) is 2. The molecule has 0 saturated carbocycles. The van der Waals surface area contributed by atoms with E-state index < -0.39 is 5.91 Å². The summed E-state index contributed by atoms with van der Waals surface area (Å²) in [6.07, 6.45) is 2.78. The predicted octanol–water partition coefficient (Wildman–Crippen LogP) is 3.23. The van der Waals surface area contributed by atoms with Crippen molar-refractivity contribution in [1.82, 2.24) is 0 Å². The van der Waals surface area contributed by atoms with Gasteiger partial charge in [-0.05, 0) is 60.2 Å². The molecule has 0 fully saturated rings. The topological polar surface area (TPSA) is 78.3 Å².